The summed E-state index contributed by atoms with van der Waals surface area (Å²) in [5.41, 5.74) is 5.40. The fourth-order valence-corrected chi connectivity index (χ4v) is 5.60. The minimum absolute atomic E-state index is 0.0293. The van der Waals surface area contributed by atoms with Crippen LogP contribution in [0.3, 0.4) is 0 Å². The number of nitrogens with zero attached hydrogens (tertiary/aromatic N) is 1. The van der Waals surface area contributed by atoms with Crippen LogP contribution in [0.15, 0.2) is 109 Å². The van der Waals surface area contributed by atoms with Crippen LogP contribution in [0.1, 0.15) is 39.9 Å². The zero-order valence-electron chi connectivity index (χ0n) is 21.6. The molecule has 1 atom stereocenters. The number of amides is 1. The number of carbonyl (C=O) groups is 1. The van der Waals surface area contributed by atoms with Crippen molar-refractivity contribution in [2.75, 3.05) is 19.8 Å². The van der Waals surface area contributed by atoms with E-state index in [1.807, 2.05) is 59.5 Å². The summed E-state index contributed by atoms with van der Waals surface area (Å²) in [4.78, 5) is 15.6. The molecule has 2 aliphatic heterocycles. The molecule has 0 bridgehead atoms. The van der Waals surface area contributed by atoms with Crippen LogP contribution in [0.5, 0.6) is 0 Å². The average molecular weight is 523 g/mol. The Hall–Kier alpha value is -3.84. The second-order valence-electron chi connectivity index (χ2n) is 10.1. The standard InChI is InChI=1S/C33H31FN2O3/c34-27-17-15-26(16-18-27)31-29-14-8-7-9-23(29)19-20-36(31)32(37)33-38-21-28(22-39-33)35-30(24-10-3-1-4-11-24)25-12-5-2-6-13-25/h1-18,28,30-31,33,35H,19-22H2/t28?,31-,33?/m0/s1. The van der Waals surface area contributed by atoms with E-state index < -0.39 is 6.29 Å². The Labute approximate surface area is 228 Å². The monoisotopic (exact) mass is 522 g/mol. The summed E-state index contributed by atoms with van der Waals surface area (Å²) >= 11 is 0. The van der Waals surface area contributed by atoms with E-state index in [1.54, 1.807) is 12.1 Å². The normalized spacial score (nSPS) is 21.0. The van der Waals surface area contributed by atoms with Gasteiger partial charge in [-0.15, -0.1) is 0 Å². The van der Waals surface area contributed by atoms with E-state index in [2.05, 4.69) is 35.6 Å². The molecule has 0 unspecified atom stereocenters. The first-order valence-electron chi connectivity index (χ1n) is 13.4. The third-order valence-electron chi connectivity index (χ3n) is 7.52. The number of hydrogen-bond donors (Lipinski definition) is 1. The summed E-state index contributed by atoms with van der Waals surface area (Å²) in [6, 6.07) is 34.6. The number of ether oxygens (including phenoxy) is 2. The highest BCUT2D eigenvalue weighted by Crippen LogP contribution is 2.36. The SMILES string of the molecule is O=C(C1OCC(NC(c2ccccc2)c2ccccc2)CO1)N1CCc2ccccc2[C@@H]1c1ccc(F)cc1. The third kappa shape index (κ3) is 5.50. The molecule has 0 saturated carbocycles. The first-order chi connectivity index (χ1) is 19.2. The van der Waals surface area contributed by atoms with Crippen LogP contribution >= 0.6 is 0 Å². The number of carbonyl (C=O) groups excluding carboxylic acids is 1. The van der Waals surface area contributed by atoms with Gasteiger partial charge in [-0.2, -0.15) is 0 Å². The number of hydrogen-bond acceptors (Lipinski definition) is 4. The highest BCUT2D eigenvalue weighted by Gasteiger charge is 2.38. The van der Waals surface area contributed by atoms with Gasteiger partial charge in [0.25, 0.3) is 5.91 Å². The lowest BCUT2D eigenvalue weighted by Crippen LogP contribution is -2.53. The molecule has 0 spiro atoms. The molecule has 6 rings (SSSR count). The molecule has 4 aromatic rings. The lowest BCUT2D eigenvalue weighted by Gasteiger charge is -2.40. The maximum absolute atomic E-state index is 13.8. The Bertz CT molecular complexity index is 1350. The van der Waals surface area contributed by atoms with Crippen molar-refractivity contribution < 1.29 is 18.7 Å². The van der Waals surface area contributed by atoms with Gasteiger partial charge in [0.05, 0.1) is 31.3 Å². The fraction of sp³-hybridized carbons (Fsp3) is 0.242. The minimum Gasteiger partial charge on any atom is -0.343 e. The molecule has 198 valence electrons. The number of nitrogens with one attached hydrogen (secondary N) is 1. The molecule has 4 aromatic carbocycles. The Balaban J connectivity index is 1.17. The summed E-state index contributed by atoms with van der Waals surface area (Å²) in [6.45, 7) is 1.23. The average Bonchev–Trinajstić information content (AvgIpc) is 3.00. The molecule has 5 nitrogen and oxygen atoms in total. The minimum atomic E-state index is -0.983. The molecule has 1 amide bonds. The summed E-state index contributed by atoms with van der Waals surface area (Å²) in [5, 5.41) is 3.67. The highest BCUT2D eigenvalue weighted by molar-refractivity contribution is 5.81. The second-order valence-corrected chi connectivity index (χ2v) is 10.1. The molecule has 0 aliphatic carbocycles. The van der Waals surface area contributed by atoms with Crippen molar-refractivity contribution in [1.29, 1.82) is 0 Å². The van der Waals surface area contributed by atoms with Gasteiger partial charge in [0.1, 0.15) is 5.82 Å². The van der Waals surface area contributed by atoms with Gasteiger partial charge >= 0.3 is 0 Å². The van der Waals surface area contributed by atoms with E-state index in [1.165, 1.54) is 17.7 Å². The summed E-state index contributed by atoms with van der Waals surface area (Å²) < 4.78 is 25.8. The van der Waals surface area contributed by atoms with Crippen LogP contribution < -0.4 is 5.32 Å². The summed E-state index contributed by atoms with van der Waals surface area (Å²) in [6.07, 6.45) is -0.241. The Morgan fingerprint density at radius 2 is 1.38 bits per heavy atom. The summed E-state index contributed by atoms with van der Waals surface area (Å²) in [5.74, 6) is -0.512. The van der Waals surface area contributed by atoms with Crippen LogP contribution in [-0.2, 0) is 20.7 Å². The van der Waals surface area contributed by atoms with Crippen LogP contribution in [0.25, 0.3) is 0 Å². The number of halogens is 1. The van der Waals surface area contributed by atoms with E-state index in [4.69, 9.17) is 9.47 Å². The first-order valence-corrected chi connectivity index (χ1v) is 13.4. The van der Waals surface area contributed by atoms with Gasteiger partial charge in [0, 0.05) is 6.54 Å². The predicted octanol–water partition coefficient (Wildman–Crippen LogP) is 5.42. The Morgan fingerprint density at radius 1 is 0.795 bits per heavy atom. The van der Waals surface area contributed by atoms with Gasteiger partial charge in [0.15, 0.2) is 0 Å². The molecule has 1 saturated heterocycles. The maximum Gasteiger partial charge on any atom is 0.280 e. The Morgan fingerprint density at radius 3 is 2.03 bits per heavy atom. The van der Waals surface area contributed by atoms with Gasteiger partial charge in [-0.3, -0.25) is 10.1 Å². The van der Waals surface area contributed by atoms with E-state index in [-0.39, 0.29) is 29.8 Å². The Kier molecular flexibility index (Phi) is 7.50. The molecular weight excluding hydrogens is 491 g/mol. The smallest absolute Gasteiger partial charge is 0.280 e. The predicted molar refractivity (Wildman–Crippen MR) is 147 cm³/mol. The lowest BCUT2D eigenvalue weighted by molar-refractivity contribution is -0.207. The molecule has 2 heterocycles. The molecule has 6 heteroatoms. The van der Waals surface area contributed by atoms with Gasteiger partial charge in [0.2, 0.25) is 6.29 Å². The third-order valence-corrected chi connectivity index (χ3v) is 7.52. The highest BCUT2D eigenvalue weighted by atomic mass is 19.1. The number of rotatable bonds is 6. The quantitative estimate of drug-likeness (QED) is 0.368. The maximum atomic E-state index is 13.8. The topological polar surface area (TPSA) is 50.8 Å². The number of fused-ring (bicyclic) bond motifs is 1. The molecular formula is C33H31FN2O3. The van der Waals surface area contributed by atoms with Gasteiger partial charge < -0.3 is 14.4 Å². The molecule has 1 N–H and O–H groups in total. The zero-order valence-corrected chi connectivity index (χ0v) is 21.6. The second kappa shape index (κ2) is 11.5. The molecule has 39 heavy (non-hydrogen) atoms. The van der Waals surface area contributed by atoms with Crippen molar-refractivity contribution in [3.8, 4) is 0 Å². The number of benzene rings is 4. The fourth-order valence-electron chi connectivity index (χ4n) is 5.60. The largest absolute Gasteiger partial charge is 0.343 e. The van der Waals surface area contributed by atoms with E-state index in [9.17, 15) is 9.18 Å². The van der Waals surface area contributed by atoms with Gasteiger partial charge in [-0.05, 0) is 46.4 Å². The van der Waals surface area contributed by atoms with Crippen LogP contribution in [0, 0.1) is 5.82 Å². The van der Waals surface area contributed by atoms with Crippen molar-refractivity contribution in [2.24, 2.45) is 0 Å². The van der Waals surface area contributed by atoms with Crippen LogP contribution in [0.2, 0.25) is 0 Å². The molecule has 2 aliphatic rings. The van der Waals surface area contributed by atoms with Crippen molar-refractivity contribution >= 4 is 5.91 Å². The lowest BCUT2D eigenvalue weighted by atomic mass is 9.88. The van der Waals surface area contributed by atoms with E-state index in [0.29, 0.717) is 19.8 Å². The van der Waals surface area contributed by atoms with Crippen molar-refractivity contribution in [2.45, 2.75) is 30.8 Å². The van der Waals surface area contributed by atoms with Crippen molar-refractivity contribution in [1.82, 2.24) is 10.2 Å². The first kappa shape index (κ1) is 25.4. The zero-order chi connectivity index (χ0) is 26.6. The van der Waals surface area contributed by atoms with Gasteiger partial charge in [-0.1, -0.05) is 97.1 Å². The van der Waals surface area contributed by atoms with Crippen molar-refractivity contribution in [3.05, 3.63) is 143 Å². The molecule has 0 aromatic heterocycles. The summed E-state index contributed by atoms with van der Waals surface area (Å²) in [7, 11) is 0. The molecule has 1 fully saturated rings. The van der Waals surface area contributed by atoms with Crippen LogP contribution in [-0.4, -0.2) is 42.9 Å². The van der Waals surface area contributed by atoms with E-state index in [0.717, 1.165) is 28.7 Å². The van der Waals surface area contributed by atoms with E-state index >= 15 is 0 Å². The van der Waals surface area contributed by atoms with Gasteiger partial charge in [-0.25, -0.2) is 4.39 Å². The van der Waals surface area contributed by atoms with Crippen LogP contribution in [0.4, 0.5) is 4.39 Å². The van der Waals surface area contributed by atoms with Crippen molar-refractivity contribution in [3.63, 3.8) is 0 Å². The molecule has 0 radical (unpaired) electrons.